The average Bonchev–Trinajstić information content (AvgIpc) is 2.73. The Hall–Kier alpha value is -2.88. The van der Waals surface area contributed by atoms with Crippen LogP contribution >= 0.6 is 0 Å². The number of amides is 1. The van der Waals surface area contributed by atoms with Crippen molar-refractivity contribution >= 4 is 17.8 Å². The van der Waals surface area contributed by atoms with Crippen LogP contribution in [0.25, 0.3) is 6.08 Å². The van der Waals surface area contributed by atoms with E-state index in [0.717, 1.165) is 62.3 Å². The number of nitrogens with zero attached hydrogens (tertiary/aromatic N) is 2. The summed E-state index contributed by atoms with van der Waals surface area (Å²) in [5, 5.41) is 3.22. The predicted molar refractivity (Wildman–Crippen MR) is 114 cm³/mol. The van der Waals surface area contributed by atoms with Crippen molar-refractivity contribution in [2.45, 2.75) is 32.1 Å². The van der Waals surface area contributed by atoms with Gasteiger partial charge >= 0.3 is 0 Å². The number of aromatic nitrogens is 1. The highest BCUT2D eigenvalue weighted by Crippen LogP contribution is 2.25. The predicted octanol–water partition coefficient (Wildman–Crippen LogP) is 4.45. The molecule has 0 spiro atoms. The molecule has 1 aromatic carbocycles. The molecule has 28 heavy (non-hydrogen) atoms. The van der Waals surface area contributed by atoms with E-state index in [4.69, 9.17) is 0 Å². The molecule has 1 N–H and O–H groups in total. The highest BCUT2D eigenvalue weighted by Gasteiger charge is 2.21. The average molecular weight is 374 g/mol. The highest BCUT2D eigenvalue weighted by molar-refractivity contribution is 5.91. The van der Waals surface area contributed by atoms with Gasteiger partial charge in [0.25, 0.3) is 0 Å². The first kappa shape index (κ1) is 18.5. The van der Waals surface area contributed by atoms with E-state index < -0.39 is 0 Å². The maximum Gasteiger partial charge on any atom is 0.246 e. The van der Waals surface area contributed by atoms with Crippen molar-refractivity contribution in [2.75, 3.05) is 18.4 Å². The van der Waals surface area contributed by atoms with Crippen molar-refractivity contribution in [1.29, 1.82) is 0 Å². The molecule has 2 aromatic rings. The van der Waals surface area contributed by atoms with Gasteiger partial charge in [-0.25, -0.2) is 4.98 Å². The molecule has 2 aliphatic rings. The molecule has 1 saturated heterocycles. The summed E-state index contributed by atoms with van der Waals surface area (Å²) in [6.45, 7) is 5.64. The number of aryl methyl sites for hydroxylation is 1. The number of anilines is 1. The van der Waals surface area contributed by atoms with Gasteiger partial charge in [-0.2, -0.15) is 0 Å². The number of pyridine rings is 1. The number of rotatable bonds is 4. The summed E-state index contributed by atoms with van der Waals surface area (Å²) in [6, 6.07) is 12.7. The molecule has 0 saturated carbocycles. The highest BCUT2D eigenvalue weighted by atomic mass is 16.2. The fourth-order valence-electron chi connectivity index (χ4n) is 4.02. The molecule has 1 amide bonds. The van der Waals surface area contributed by atoms with Gasteiger partial charge in [-0.15, -0.1) is 0 Å². The molecule has 0 radical (unpaired) electrons. The van der Waals surface area contributed by atoms with Crippen molar-refractivity contribution in [2.24, 2.45) is 5.92 Å². The zero-order chi connectivity index (χ0) is 19.3. The van der Waals surface area contributed by atoms with Crippen LogP contribution in [0.1, 0.15) is 36.0 Å². The summed E-state index contributed by atoms with van der Waals surface area (Å²) in [5.74, 6) is 1.66. The van der Waals surface area contributed by atoms with E-state index in [9.17, 15) is 4.79 Å². The summed E-state index contributed by atoms with van der Waals surface area (Å²) >= 11 is 0. The van der Waals surface area contributed by atoms with Crippen LogP contribution in [0.4, 0.5) is 5.82 Å². The third-order valence-corrected chi connectivity index (χ3v) is 5.69. The minimum atomic E-state index is 0.0994. The Kier molecular flexibility index (Phi) is 5.56. The summed E-state index contributed by atoms with van der Waals surface area (Å²) in [7, 11) is 0. The number of nitrogens with one attached hydrogen (secondary N) is 1. The molecule has 144 valence electrons. The Bertz CT molecular complexity index is 880. The number of allylic oxidation sites excluding steroid dienone is 1. The van der Waals surface area contributed by atoms with Crippen LogP contribution in [0.15, 0.2) is 60.9 Å². The van der Waals surface area contributed by atoms with Gasteiger partial charge in [0, 0.05) is 31.1 Å². The monoisotopic (exact) mass is 373 g/mol. The number of carbonyl (C=O) groups is 1. The number of fused-ring (bicyclic) bond motifs is 1. The topological polar surface area (TPSA) is 45.2 Å². The molecule has 4 rings (SSSR count). The molecule has 1 aromatic heterocycles. The van der Waals surface area contributed by atoms with Crippen molar-refractivity contribution in [3.05, 3.63) is 77.6 Å². The largest absolute Gasteiger partial charge is 0.344 e. The standard InChI is InChI=1S/C24H27N3O/c1-18-7-9-22-16-21(17-25-24(22)26-18)8-10-23(28)27-13-11-20(12-14-27)15-19-5-3-2-4-6-19/h2-6,8,10,16-17,20H,1,7,9,11-15H2,(H,25,26)/b10-8+. The van der Waals surface area contributed by atoms with Gasteiger partial charge in [0.2, 0.25) is 5.91 Å². The first-order chi connectivity index (χ1) is 13.7. The summed E-state index contributed by atoms with van der Waals surface area (Å²) in [6.07, 6.45) is 10.5. The van der Waals surface area contributed by atoms with Crippen LogP contribution in [-0.2, 0) is 17.6 Å². The van der Waals surface area contributed by atoms with Gasteiger partial charge in [0.15, 0.2) is 0 Å². The van der Waals surface area contributed by atoms with Crippen LogP contribution in [0.5, 0.6) is 0 Å². The van der Waals surface area contributed by atoms with E-state index in [-0.39, 0.29) is 5.91 Å². The van der Waals surface area contributed by atoms with E-state index in [0.29, 0.717) is 5.92 Å². The zero-order valence-electron chi connectivity index (χ0n) is 16.2. The van der Waals surface area contributed by atoms with Gasteiger partial charge < -0.3 is 10.2 Å². The lowest BCUT2D eigenvalue weighted by molar-refractivity contribution is -0.127. The number of benzene rings is 1. The molecule has 0 atom stereocenters. The second kappa shape index (κ2) is 8.42. The minimum Gasteiger partial charge on any atom is -0.344 e. The molecule has 0 aliphatic carbocycles. The lowest BCUT2D eigenvalue weighted by atomic mass is 9.90. The summed E-state index contributed by atoms with van der Waals surface area (Å²) in [4.78, 5) is 19.0. The molecule has 4 nitrogen and oxygen atoms in total. The Morgan fingerprint density at radius 1 is 1.21 bits per heavy atom. The van der Waals surface area contributed by atoms with Crippen molar-refractivity contribution in [3.63, 3.8) is 0 Å². The fourth-order valence-corrected chi connectivity index (χ4v) is 4.02. The third-order valence-electron chi connectivity index (χ3n) is 5.69. The maximum atomic E-state index is 12.6. The molecule has 0 unspecified atom stereocenters. The molecule has 0 bridgehead atoms. The zero-order valence-corrected chi connectivity index (χ0v) is 16.2. The second-order valence-corrected chi connectivity index (χ2v) is 7.80. The number of hydrogen-bond donors (Lipinski definition) is 1. The first-order valence-electron chi connectivity index (χ1n) is 10.1. The van der Waals surface area contributed by atoms with Crippen LogP contribution in [0.2, 0.25) is 0 Å². The Balaban J connectivity index is 1.30. The minimum absolute atomic E-state index is 0.0994. The lowest BCUT2D eigenvalue weighted by Gasteiger charge is -2.31. The van der Waals surface area contributed by atoms with E-state index in [1.165, 1.54) is 11.1 Å². The molecule has 4 heteroatoms. The normalized spacial score (nSPS) is 17.4. The van der Waals surface area contributed by atoms with E-state index in [2.05, 4.69) is 53.3 Å². The third kappa shape index (κ3) is 4.50. The maximum absolute atomic E-state index is 12.6. The Labute approximate surface area is 167 Å². The Morgan fingerprint density at radius 2 is 2.00 bits per heavy atom. The summed E-state index contributed by atoms with van der Waals surface area (Å²) < 4.78 is 0. The van der Waals surface area contributed by atoms with Gasteiger partial charge in [0.1, 0.15) is 5.82 Å². The second-order valence-electron chi connectivity index (χ2n) is 7.80. The van der Waals surface area contributed by atoms with Crippen molar-refractivity contribution in [1.82, 2.24) is 9.88 Å². The Morgan fingerprint density at radius 3 is 2.79 bits per heavy atom. The molecule has 1 fully saturated rings. The SMILES string of the molecule is C=C1CCc2cc(/C=C/C(=O)N3CCC(Cc4ccccc4)CC3)cnc2N1. The number of likely N-dealkylation sites (tertiary alicyclic amines) is 1. The lowest BCUT2D eigenvalue weighted by Crippen LogP contribution is -2.37. The number of carbonyl (C=O) groups excluding carboxylic acids is 1. The molecular formula is C24H27N3O. The number of hydrogen-bond acceptors (Lipinski definition) is 3. The van der Waals surface area contributed by atoms with Crippen LogP contribution in [0.3, 0.4) is 0 Å². The first-order valence-corrected chi connectivity index (χ1v) is 10.1. The van der Waals surface area contributed by atoms with E-state index in [1.807, 2.05) is 11.0 Å². The molecule has 2 aliphatic heterocycles. The quantitative estimate of drug-likeness (QED) is 0.806. The van der Waals surface area contributed by atoms with E-state index >= 15 is 0 Å². The van der Waals surface area contributed by atoms with E-state index in [1.54, 1.807) is 12.3 Å². The van der Waals surface area contributed by atoms with Crippen molar-refractivity contribution in [3.8, 4) is 0 Å². The van der Waals surface area contributed by atoms with Gasteiger partial charge in [-0.05, 0) is 66.9 Å². The van der Waals surface area contributed by atoms with Crippen LogP contribution in [0, 0.1) is 5.92 Å². The van der Waals surface area contributed by atoms with Crippen LogP contribution < -0.4 is 5.32 Å². The smallest absolute Gasteiger partial charge is 0.246 e. The van der Waals surface area contributed by atoms with Gasteiger partial charge in [0.05, 0.1) is 0 Å². The van der Waals surface area contributed by atoms with Crippen molar-refractivity contribution < 1.29 is 4.79 Å². The van der Waals surface area contributed by atoms with Gasteiger partial charge in [-0.1, -0.05) is 36.9 Å². The number of piperidine rings is 1. The molecular weight excluding hydrogens is 346 g/mol. The molecule has 3 heterocycles. The summed E-state index contributed by atoms with van der Waals surface area (Å²) in [5.41, 5.74) is 4.56. The van der Waals surface area contributed by atoms with Gasteiger partial charge in [-0.3, -0.25) is 4.79 Å². The fraction of sp³-hybridized carbons (Fsp3) is 0.333. The van der Waals surface area contributed by atoms with Crippen LogP contribution in [-0.4, -0.2) is 28.9 Å².